The van der Waals surface area contributed by atoms with Crippen LogP contribution in [0.5, 0.6) is 0 Å². The van der Waals surface area contributed by atoms with E-state index >= 15 is 0 Å². The number of halogens is 3. The van der Waals surface area contributed by atoms with E-state index in [2.05, 4.69) is 18.9 Å². The monoisotopic (exact) mass is 395 g/mol. The molecule has 0 spiro atoms. The first-order valence-electron chi connectivity index (χ1n) is 8.81. The van der Waals surface area contributed by atoms with Crippen molar-refractivity contribution in [3.05, 3.63) is 51.4 Å². The van der Waals surface area contributed by atoms with Gasteiger partial charge < -0.3 is 9.64 Å². The van der Waals surface area contributed by atoms with Gasteiger partial charge in [-0.25, -0.2) is 8.78 Å². The first-order valence-corrected chi connectivity index (χ1v) is 9.19. The number of anilines is 1. The van der Waals surface area contributed by atoms with Gasteiger partial charge >= 0.3 is 0 Å². The van der Waals surface area contributed by atoms with Gasteiger partial charge in [-0.2, -0.15) is 9.78 Å². The molecule has 0 N–H and O–H groups in total. The maximum absolute atomic E-state index is 14.0. The van der Waals surface area contributed by atoms with E-state index in [0.717, 1.165) is 29.8 Å². The molecule has 3 unspecified atom stereocenters. The summed E-state index contributed by atoms with van der Waals surface area (Å²) in [5.41, 5.74) is -0.394. The Hall–Kier alpha value is -1.99. The lowest BCUT2D eigenvalue weighted by atomic mass is 9.56. The lowest BCUT2D eigenvalue weighted by Gasteiger charge is -2.58. The SMILES string of the molecule is CN(c1cnn(-c2ccc(F)cc2F)c(=O)c1Cl)C1C2CCOC2C1(C)C. The van der Waals surface area contributed by atoms with Crippen LogP contribution in [0.2, 0.25) is 5.02 Å². The Morgan fingerprint density at radius 1 is 1.37 bits per heavy atom. The third-order valence-electron chi connectivity index (χ3n) is 5.87. The van der Waals surface area contributed by atoms with Crippen molar-refractivity contribution in [2.24, 2.45) is 11.3 Å². The lowest BCUT2D eigenvalue weighted by Crippen LogP contribution is -2.66. The summed E-state index contributed by atoms with van der Waals surface area (Å²) in [6.07, 6.45) is 2.61. The lowest BCUT2D eigenvalue weighted by molar-refractivity contribution is -0.101. The van der Waals surface area contributed by atoms with Crippen molar-refractivity contribution in [3.63, 3.8) is 0 Å². The average molecular weight is 396 g/mol. The molecule has 0 bridgehead atoms. The van der Waals surface area contributed by atoms with Crippen LogP contribution in [0.25, 0.3) is 5.69 Å². The molecule has 0 radical (unpaired) electrons. The minimum atomic E-state index is -0.882. The fourth-order valence-electron chi connectivity index (χ4n) is 4.73. The number of aromatic nitrogens is 2. The van der Waals surface area contributed by atoms with Gasteiger partial charge in [0.15, 0.2) is 5.82 Å². The molecule has 1 aliphatic heterocycles. The van der Waals surface area contributed by atoms with Gasteiger partial charge in [-0.3, -0.25) is 4.79 Å². The van der Waals surface area contributed by atoms with Crippen molar-refractivity contribution in [2.45, 2.75) is 32.4 Å². The molecule has 2 aliphatic rings. The van der Waals surface area contributed by atoms with Crippen LogP contribution in [-0.2, 0) is 4.74 Å². The van der Waals surface area contributed by atoms with Crippen molar-refractivity contribution in [2.75, 3.05) is 18.6 Å². The Kier molecular flexibility index (Phi) is 4.27. The maximum atomic E-state index is 14.0. The summed E-state index contributed by atoms with van der Waals surface area (Å²) >= 11 is 6.35. The number of hydrogen-bond donors (Lipinski definition) is 0. The fourth-order valence-corrected chi connectivity index (χ4v) is 4.99. The molecule has 3 atom stereocenters. The molecule has 2 aromatic rings. The van der Waals surface area contributed by atoms with Gasteiger partial charge in [-0.1, -0.05) is 25.4 Å². The van der Waals surface area contributed by atoms with Gasteiger partial charge in [0.25, 0.3) is 5.56 Å². The normalized spacial score (nSPS) is 25.8. The third-order valence-corrected chi connectivity index (χ3v) is 6.23. The van der Waals surface area contributed by atoms with Crippen LogP contribution in [0.15, 0.2) is 29.2 Å². The Morgan fingerprint density at radius 3 is 2.81 bits per heavy atom. The van der Waals surface area contributed by atoms with Crippen molar-refractivity contribution in [1.82, 2.24) is 9.78 Å². The minimum Gasteiger partial charge on any atom is -0.377 e. The van der Waals surface area contributed by atoms with Crippen molar-refractivity contribution in [3.8, 4) is 5.69 Å². The van der Waals surface area contributed by atoms with Crippen LogP contribution < -0.4 is 10.5 Å². The van der Waals surface area contributed by atoms with E-state index in [1.54, 1.807) is 0 Å². The van der Waals surface area contributed by atoms with E-state index in [0.29, 0.717) is 17.7 Å². The van der Waals surface area contributed by atoms with Gasteiger partial charge in [0, 0.05) is 37.1 Å². The minimum absolute atomic E-state index is 0.0469. The third kappa shape index (κ3) is 2.67. The maximum Gasteiger partial charge on any atom is 0.292 e. The number of ether oxygens (including phenoxy) is 1. The summed E-state index contributed by atoms with van der Waals surface area (Å²) in [5.74, 6) is -1.24. The largest absolute Gasteiger partial charge is 0.377 e. The van der Waals surface area contributed by atoms with E-state index in [1.807, 2.05) is 11.9 Å². The van der Waals surface area contributed by atoms with Crippen molar-refractivity contribution in [1.29, 1.82) is 0 Å². The van der Waals surface area contributed by atoms with Crippen LogP contribution in [-0.4, -0.2) is 35.6 Å². The fraction of sp³-hybridized carbons (Fsp3) is 0.474. The topological polar surface area (TPSA) is 47.4 Å². The second-order valence-electron chi connectivity index (χ2n) is 7.78. The molecule has 0 amide bonds. The molecular formula is C19H20ClF2N3O2. The van der Waals surface area contributed by atoms with E-state index < -0.39 is 17.2 Å². The smallest absolute Gasteiger partial charge is 0.292 e. The molecule has 8 heteroatoms. The summed E-state index contributed by atoms with van der Waals surface area (Å²) < 4.78 is 33.8. The van der Waals surface area contributed by atoms with Gasteiger partial charge in [0.1, 0.15) is 16.5 Å². The second-order valence-corrected chi connectivity index (χ2v) is 8.16. The average Bonchev–Trinajstić information content (AvgIpc) is 3.04. The van der Waals surface area contributed by atoms with Gasteiger partial charge in [0.2, 0.25) is 0 Å². The second kappa shape index (κ2) is 6.27. The standard InChI is InChI=1S/C19H20ClF2N3O2/c1-19(2)16(11-6-7-27-17(11)19)24(3)14-9-23-25(18(26)15(14)20)13-5-4-10(21)8-12(13)22/h4-5,8-9,11,16-17H,6-7H2,1-3H3. The van der Waals surface area contributed by atoms with Crippen LogP contribution in [0.3, 0.4) is 0 Å². The Balaban J connectivity index is 1.71. The van der Waals surface area contributed by atoms with Crippen molar-refractivity contribution < 1.29 is 13.5 Å². The highest BCUT2D eigenvalue weighted by Gasteiger charge is 2.61. The van der Waals surface area contributed by atoms with Gasteiger partial charge in [-0.15, -0.1) is 0 Å². The molecule has 5 nitrogen and oxygen atoms in total. The summed E-state index contributed by atoms with van der Waals surface area (Å²) in [4.78, 5) is 14.7. The molecular weight excluding hydrogens is 376 g/mol. The molecule has 4 rings (SSSR count). The predicted molar refractivity (Wildman–Crippen MR) is 98.6 cm³/mol. The number of fused-ring (bicyclic) bond motifs is 1. The number of benzene rings is 1. The molecule has 1 aliphatic carbocycles. The quantitative estimate of drug-likeness (QED) is 0.799. The van der Waals surface area contributed by atoms with E-state index in [9.17, 15) is 13.6 Å². The highest BCUT2D eigenvalue weighted by atomic mass is 35.5. The first kappa shape index (κ1) is 18.4. The van der Waals surface area contributed by atoms with Crippen LogP contribution in [0, 0.1) is 23.0 Å². The predicted octanol–water partition coefficient (Wildman–Crippen LogP) is 3.41. The molecule has 27 heavy (non-hydrogen) atoms. The van der Waals surface area contributed by atoms with Gasteiger partial charge in [0.05, 0.1) is 18.0 Å². The van der Waals surface area contributed by atoms with Crippen molar-refractivity contribution >= 4 is 17.3 Å². The highest BCUT2D eigenvalue weighted by molar-refractivity contribution is 6.33. The molecule has 144 valence electrons. The zero-order valence-electron chi connectivity index (χ0n) is 15.2. The van der Waals surface area contributed by atoms with Crippen LogP contribution in [0.1, 0.15) is 20.3 Å². The number of nitrogens with zero attached hydrogens (tertiary/aromatic N) is 3. The Morgan fingerprint density at radius 2 is 2.11 bits per heavy atom. The molecule has 2 fully saturated rings. The van der Waals surface area contributed by atoms with Crippen LogP contribution >= 0.6 is 11.6 Å². The van der Waals surface area contributed by atoms with Crippen LogP contribution in [0.4, 0.5) is 14.5 Å². The zero-order valence-corrected chi connectivity index (χ0v) is 16.0. The van der Waals surface area contributed by atoms with E-state index in [-0.39, 0.29) is 28.3 Å². The zero-order chi connectivity index (χ0) is 19.5. The number of hydrogen-bond acceptors (Lipinski definition) is 4. The Labute approximate surface area is 160 Å². The van der Waals surface area contributed by atoms with Gasteiger partial charge in [-0.05, 0) is 18.6 Å². The summed E-state index contributed by atoms with van der Waals surface area (Å²) in [5, 5.41) is 4.03. The molecule has 2 heterocycles. The van der Waals surface area contributed by atoms with E-state index in [1.165, 1.54) is 6.20 Å². The first-order chi connectivity index (χ1) is 12.7. The molecule has 1 aromatic carbocycles. The molecule has 1 saturated carbocycles. The highest BCUT2D eigenvalue weighted by Crippen LogP contribution is 2.55. The molecule has 1 saturated heterocycles. The molecule has 1 aromatic heterocycles. The van der Waals surface area contributed by atoms with E-state index in [4.69, 9.17) is 16.3 Å². The summed E-state index contributed by atoms with van der Waals surface area (Å²) in [6.45, 7) is 5.01. The Bertz CT molecular complexity index is 962. The summed E-state index contributed by atoms with van der Waals surface area (Å²) in [6, 6.07) is 3.09. The number of rotatable bonds is 3. The summed E-state index contributed by atoms with van der Waals surface area (Å²) in [7, 11) is 1.88.